The van der Waals surface area contributed by atoms with E-state index in [-0.39, 0.29) is 5.69 Å². The van der Waals surface area contributed by atoms with Crippen LogP contribution in [0.3, 0.4) is 0 Å². The van der Waals surface area contributed by atoms with E-state index in [9.17, 15) is 10.1 Å². The lowest BCUT2D eigenvalue weighted by Crippen LogP contribution is -1.87. The van der Waals surface area contributed by atoms with Crippen LogP contribution in [-0.4, -0.2) is 16.4 Å². The third kappa shape index (κ3) is 1.20. The van der Waals surface area contributed by atoms with Gasteiger partial charge in [-0.2, -0.15) is 4.37 Å². The molecule has 0 aliphatic rings. The van der Waals surface area contributed by atoms with Crippen LogP contribution in [-0.2, 0) is 0 Å². The Morgan fingerprint density at radius 1 is 1.57 bits per heavy atom. The van der Waals surface area contributed by atoms with Gasteiger partial charge in [0.25, 0.3) is 5.69 Å². The Labute approximate surface area is 83.2 Å². The zero-order valence-electron chi connectivity index (χ0n) is 7.26. The summed E-state index contributed by atoms with van der Waals surface area (Å²) in [4.78, 5) is 10.2. The van der Waals surface area contributed by atoms with E-state index in [0.717, 1.165) is 11.5 Å². The van der Waals surface area contributed by atoms with E-state index in [2.05, 4.69) is 4.37 Å². The molecule has 0 aliphatic heterocycles. The summed E-state index contributed by atoms with van der Waals surface area (Å²) < 4.78 is 9.50. The van der Waals surface area contributed by atoms with E-state index in [1.807, 2.05) is 0 Å². The third-order valence-electron chi connectivity index (χ3n) is 1.83. The Balaban J connectivity index is 2.76. The number of aromatic nitrogens is 1. The smallest absolute Gasteiger partial charge is 0.288 e. The van der Waals surface area contributed by atoms with Crippen LogP contribution in [0.5, 0.6) is 5.88 Å². The Morgan fingerprint density at radius 3 is 3.00 bits per heavy atom. The number of ether oxygens (including phenoxy) is 1. The number of nitro benzene ring substituents is 1. The number of methoxy groups -OCH3 is 1. The minimum atomic E-state index is -0.417. The van der Waals surface area contributed by atoms with E-state index < -0.39 is 4.92 Å². The van der Waals surface area contributed by atoms with Crippen molar-refractivity contribution in [3.8, 4) is 5.88 Å². The van der Waals surface area contributed by atoms with Crippen molar-refractivity contribution in [3.63, 3.8) is 0 Å². The van der Waals surface area contributed by atoms with Crippen LogP contribution < -0.4 is 4.74 Å². The summed E-state index contributed by atoms with van der Waals surface area (Å²) in [6.07, 6.45) is 0. The maximum absolute atomic E-state index is 10.7. The highest BCUT2D eigenvalue weighted by Crippen LogP contribution is 2.34. The molecule has 0 fully saturated rings. The predicted molar refractivity (Wildman–Crippen MR) is 52.8 cm³/mol. The first-order valence-electron chi connectivity index (χ1n) is 3.81. The Morgan fingerprint density at radius 2 is 2.36 bits per heavy atom. The number of fused-ring (bicyclic) bond motifs is 1. The molecule has 0 N–H and O–H groups in total. The molecule has 0 bridgehead atoms. The van der Waals surface area contributed by atoms with Crippen LogP contribution in [0, 0.1) is 10.1 Å². The normalized spacial score (nSPS) is 10.4. The van der Waals surface area contributed by atoms with Gasteiger partial charge in [-0.3, -0.25) is 10.1 Å². The fourth-order valence-electron chi connectivity index (χ4n) is 1.22. The predicted octanol–water partition coefficient (Wildman–Crippen LogP) is 2.21. The van der Waals surface area contributed by atoms with Gasteiger partial charge in [-0.1, -0.05) is 6.07 Å². The van der Waals surface area contributed by atoms with E-state index in [0.29, 0.717) is 16.0 Å². The van der Waals surface area contributed by atoms with Crippen LogP contribution in [0.15, 0.2) is 18.2 Å². The molecule has 0 atom stereocenters. The zero-order chi connectivity index (χ0) is 10.1. The van der Waals surface area contributed by atoms with E-state index in [4.69, 9.17) is 4.74 Å². The molecule has 1 aromatic carbocycles. The Kier molecular flexibility index (Phi) is 2.05. The molecule has 0 saturated heterocycles. The summed E-state index contributed by atoms with van der Waals surface area (Å²) >= 11 is 1.08. The molecular formula is C8H6N2O3S. The first-order chi connectivity index (χ1) is 6.74. The quantitative estimate of drug-likeness (QED) is 0.563. The summed E-state index contributed by atoms with van der Waals surface area (Å²) in [5, 5.41) is 11.3. The molecule has 72 valence electrons. The first-order valence-corrected chi connectivity index (χ1v) is 4.58. The largest absolute Gasteiger partial charge is 0.480 e. The summed E-state index contributed by atoms with van der Waals surface area (Å²) in [7, 11) is 1.49. The van der Waals surface area contributed by atoms with Gasteiger partial charge in [-0.25, -0.2) is 0 Å². The molecule has 2 rings (SSSR count). The van der Waals surface area contributed by atoms with E-state index >= 15 is 0 Å². The summed E-state index contributed by atoms with van der Waals surface area (Å²) in [6.45, 7) is 0. The average Bonchev–Trinajstić information content (AvgIpc) is 2.59. The molecule has 6 heteroatoms. The highest BCUT2D eigenvalue weighted by molar-refractivity contribution is 7.14. The number of benzene rings is 1. The molecule has 0 spiro atoms. The average molecular weight is 210 g/mol. The number of non-ortho nitro benzene ring substituents is 1. The standard InChI is InChI=1S/C8H6N2O3S/c1-13-8-5-3-2-4-6(10(11)12)7(5)14-9-8/h2-4H,1H3. The highest BCUT2D eigenvalue weighted by Gasteiger charge is 2.16. The lowest BCUT2D eigenvalue weighted by molar-refractivity contribution is -0.382. The summed E-state index contributed by atoms with van der Waals surface area (Å²) in [6, 6.07) is 4.84. The second kappa shape index (κ2) is 3.22. The second-order valence-electron chi connectivity index (χ2n) is 2.60. The van der Waals surface area contributed by atoms with Crippen molar-refractivity contribution in [2.75, 3.05) is 7.11 Å². The van der Waals surface area contributed by atoms with E-state index in [1.54, 1.807) is 12.1 Å². The minimum Gasteiger partial charge on any atom is -0.480 e. The van der Waals surface area contributed by atoms with Crippen LogP contribution in [0.2, 0.25) is 0 Å². The number of hydrogen-bond acceptors (Lipinski definition) is 5. The SMILES string of the molecule is COc1nsc2c([N+](=O)[O-])cccc12. The zero-order valence-corrected chi connectivity index (χ0v) is 8.08. The molecule has 0 unspecified atom stereocenters. The monoisotopic (exact) mass is 210 g/mol. The molecule has 0 radical (unpaired) electrons. The first kappa shape index (κ1) is 8.89. The minimum absolute atomic E-state index is 0.0725. The maximum Gasteiger partial charge on any atom is 0.288 e. The van der Waals surface area contributed by atoms with Crippen LogP contribution >= 0.6 is 11.5 Å². The molecule has 14 heavy (non-hydrogen) atoms. The lowest BCUT2D eigenvalue weighted by atomic mass is 10.2. The molecule has 1 aromatic heterocycles. The van der Waals surface area contributed by atoms with E-state index in [1.165, 1.54) is 13.2 Å². The van der Waals surface area contributed by atoms with Crippen molar-refractivity contribution < 1.29 is 9.66 Å². The fraction of sp³-hybridized carbons (Fsp3) is 0.125. The number of rotatable bonds is 2. The van der Waals surface area contributed by atoms with Crippen molar-refractivity contribution in [2.24, 2.45) is 0 Å². The molecular weight excluding hydrogens is 204 g/mol. The van der Waals surface area contributed by atoms with Crippen molar-refractivity contribution in [3.05, 3.63) is 28.3 Å². The van der Waals surface area contributed by atoms with Crippen molar-refractivity contribution >= 4 is 27.3 Å². The summed E-state index contributed by atoms with van der Waals surface area (Å²) in [5.41, 5.74) is 0.0725. The van der Waals surface area contributed by atoms with Gasteiger partial charge in [0, 0.05) is 6.07 Å². The van der Waals surface area contributed by atoms with Crippen LogP contribution in [0.4, 0.5) is 5.69 Å². The van der Waals surface area contributed by atoms with Gasteiger partial charge in [0.1, 0.15) is 4.70 Å². The van der Waals surface area contributed by atoms with Gasteiger partial charge in [-0.05, 0) is 17.6 Å². The van der Waals surface area contributed by atoms with Gasteiger partial charge >= 0.3 is 0 Å². The number of nitrogens with zero attached hydrogens (tertiary/aromatic N) is 2. The van der Waals surface area contributed by atoms with Gasteiger partial charge < -0.3 is 4.74 Å². The highest BCUT2D eigenvalue weighted by atomic mass is 32.1. The second-order valence-corrected chi connectivity index (χ2v) is 3.38. The molecule has 0 saturated carbocycles. The lowest BCUT2D eigenvalue weighted by Gasteiger charge is -1.94. The van der Waals surface area contributed by atoms with Gasteiger partial charge in [0.05, 0.1) is 17.4 Å². The van der Waals surface area contributed by atoms with Crippen molar-refractivity contribution in [2.45, 2.75) is 0 Å². The maximum atomic E-state index is 10.7. The van der Waals surface area contributed by atoms with Crippen LogP contribution in [0.1, 0.15) is 0 Å². The molecule has 1 heterocycles. The van der Waals surface area contributed by atoms with Gasteiger partial charge in [0.2, 0.25) is 5.88 Å². The van der Waals surface area contributed by atoms with Gasteiger partial charge in [0.15, 0.2) is 0 Å². The van der Waals surface area contributed by atoms with Crippen molar-refractivity contribution in [1.82, 2.24) is 4.37 Å². The fourth-order valence-corrected chi connectivity index (χ4v) is 2.05. The van der Waals surface area contributed by atoms with Crippen molar-refractivity contribution in [1.29, 1.82) is 0 Å². The van der Waals surface area contributed by atoms with Gasteiger partial charge in [-0.15, -0.1) is 0 Å². The molecule has 2 aromatic rings. The number of hydrogen-bond donors (Lipinski definition) is 0. The Bertz CT molecular complexity index is 494. The molecule has 0 amide bonds. The third-order valence-corrected chi connectivity index (χ3v) is 2.70. The summed E-state index contributed by atoms with van der Waals surface area (Å²) in [5.74, 6) is 0.439. The van der Waals surface area contributed by atoms with Crippen LogP contribution in [0.25, 0.3) is 10.1 Å². The molecule has 5 nitrogen and oxygen atoms in total. The number of nitro groups is 1. The topological polar surface area (TPSA) is 65.3 Å². The Hall–Kier alpha value is -1.69. The molecule has 0 aliphatic carbocycles.